The van der Waals surface area contributed by atoms with E-state index in [1.165, 1.54) is 16.9 Å². The molecule has 1 aromatic heterocycles. The fourth-order valence-electron chi connectivity index (χ4n) is 2.77. The third kappa shape index (κ3) is 9.36. The van der Waals surface area contributed by atoms with Gasteiger partial charge in [-0.3, -0.25) is 10.2 Å². The molecule has 5 N–H and O–H groups in total. The van der Waals surface area contributed by atoms with Crippen molar-refractivity contribution in [3.63, 3.8) is 0 Å². The molecule has 9 heteroatoms. The molecule has 0 bridgehead atoms. The van der Waals surface area contributed by atoms with Gasteiger partial charge in [-0.05, 0) is 54.5 Å². The number of anilines is 1. The number of unbranched alkanes of at least 4 members (excludes halogenated alkanes) is 1. The fraction of sp³-hybridized carbons (Fsp3) is 0.167. The van der Waals surface area contributed by atoms with Crippen LogP contribution >= 0.6 is 11.3 Å². The molecule has 1 amide bonds. The second-order valence-electron chi connectivity index (χ2n) is 6.87. The molecule has 0 spiro atoms. The number of hydrogen-bond donors (Lipinski definition) is 5. The Labute approximate surface area is 195 Å². The minimum absolute atomic E-state index is 0.0824. The van der Waals surface area contributed by atoms with E-state index in [4.69, 9.17) is 25.2 Å². The Morgan fingerprint density at radius 3 is 2.24 bits per heavy atom. The summed E-state index contributed by atoms with van der Waals surface area (Å²) in [6.45, 7) is 0.661. The first-order valence-electron chi connectivity index (χ1n) is 10.1. The van der Waals surface area contributed by atoms with Crippen LogP contribution in [0.4, 0.5) is 5.69 Å². The van der Waals surface area contributed by atoms with Gasteiger partial charge in [0.1, 0.15) is 5.84 Å². The molecular formula is C24H25N3O5S. The van der Waals surface area contributed by atoms with Crippen LogP contribution < -0.4 is 10.6 Å². The molecule has 172 valence electrons. The Hall–Kier alpha value is -3.98. The molecule has 0 saturated carbocycles. The van der Waals surface area contributed by atoms with Crippen molar-refractivity contribution in [3.8, 4) is 0 Å². The lowest BCUT2D eigenvalue weighted by atomic mass is 10.1. The highest BCUT2D eigenvalue weighted by molar-refractivity contribution is 7.12. The number of rotatable bonds is 8. The Kier molecular flexibility index (Phi) is 10.3. The summed E-state index contributed by atoms with van der Waals surface area (Å²) in [5.74, 6) is -3.39. The van der Waals surface area contributed by atoms with Crippen molar-refractivity contribution in [2.75, 3.05) is 11.9 Å². The molecule has 0 atom stereocenters. The van der Waals surface area contributed by atoms with Gasteiger partial charge >= 0.3 is 11.9 Å². The van der Waals surface area contributed by atoms with Crippen LogP contribution in [-0.4, -0.2) is 40.4 Å². The molecule has 3 rings (SSSR count). The van der Waals surface area contributed by atoms with Crippen molar-refractivity contribution < 1.29 is 24.6 Å². The minimum Gasteiger partial charge on any atom is -0.473 e. The smallest absolute Gasteiger partial charge is 0.414 e. The van der Waals surface area contributed by atoms with E-state index in [0.717, 1.165) is 29.8 Å². The topological polar surface area (TPSA) is 140 Å². The standard InChI is InChI=1S/C22H23N3OS.C2H2O4/c23-21(20-13-7-15-27-20)25-19-12-6-11-18(16-19)22(26)24-14-5-4-10-17-8-2-1-3-9-17;3-1(4)2(5)6/h1-3,6-9,11-13,15-16H,4-5,10,14H2,(H2,23,25)(H,24,26);(H,3,4)(H,5,6). The quantitative estimate of drug-likeness (QED) is 0.146. The van der Waals surface area contributed by atoms with Gasteiger partial charge < -0.3 is 20.8 Å². The molecule has 0 radical (unpaired) electrons. The molecule has 0 aliphatic carbocycles. The number of aliphatic carboxylic acids is 2. The third-order valence-corrected chi connectivity index (χ3v) is 5.25. The maximum absolute atomic E-state index is 12.4. The van der Waals surface area contributed by atoms with E-state index in [1.807, 2.05) is 35.7 Å². The molecule has 1 heterocycles. The number of nitrogens with one attached hydrogen (secondary N) is 3. The lowest BCUT2D eigenvalue weighted by Crippen LogP contribution is -2.24. The molecule has 0 aliphatic rings. The van der Waals surface area contributed by atoms with Crippen molar-refractivity contribution in [2.45, 2.75) is 19.3 Å². The van der Waals surface area contributed by atoms with Gasteiger partial charge in [-0.25, -0.2) is 9.59 Å². The second-order valence-corrected chi connectivity index (χ2v) is 7.81. The van der Waals surface area contributed by atoms with Gasteiger partial charge in [0.2, 0.25) is 0 Å². The number of carbonyl (C=O) groups excluding carboxylic acids is 1. The monoisotopic (exact) mass is 467 g/mol. The molecule has 0 unspecified atom stereocenters. The number of carbonyl (C=O) groups is 3. The van der Waals surface area contributed by atoms with Crippen LogP contribution in [0.2, 0.25) is 0 Å². The number of amides is 1. The number of benzene rings is 2. The number of carboxylic acid groups (broad SMARTS) is 2. The van der Waals surface area contributed by atoms with E-state index in [1.54, 1.807) is 12.1 Å². The first-order valence-corrected chi connectivity index (χ1v) is 11.0. The van der Waals surface area contributed by atoms with Gasteiger partial charge in [0.15, 0.2) is 0 Å². The van der Waals surface area contributed by atoms with Crippen LogP contribution in [0.5, 0.6) is 0 Å². The lowest BCUT2D eigenvalue weighted by molar-refractivity contribution is -0.159. The third-order valence-electron chi connectivity index (χ3n) is 4.37. The molecule has 8 nitrogen and oxygen atoms in total. The van der Waals surface area contributed by atoms with E-state index in [2.05, 4.69) is 34.9 Å². The van der Waals surface area contributed by atoms with Crippen molar-refractivity contribution in [1.82, 2.24) is 5.32 Å². The number of thiophene rings is 1. The van der Waals surface area contributed by atoms with Crippen molar-refractivity contribution in [2.24, 2.45) is 0 Å². The predicted octanol–water partition coefficient (Wildman–Crippen LogP) is 4.09. The van der Waals surface area contributed by atoms with Gasteiger partial charge in [0.05, 0.1) is 4.88 Å². The summed E-state index contributed by atoms with van der Waals surface area (Å²) >= 11 is 1.51. The zero-order chi connectivity index (χ0) is 24.1. The first kappa shape index (κ1) is 25.3. The van der Waals surface area contributed by atoms with Crippen molar-refractivity contribution in [1.29, 1.82) is 5.41 Å². The summed E-state index contributed by atoms with van der Waals surface area (Å²) in [5.41, 5.74) is 2.67. The largest absolute Gasteiger partial charge is 0.473 e. The number of amidine groups is 1. The SMILES string of the molecule is N=C(Nc1cccc(C(=O)NCCCCc2ccccc2)c1)c1cccs1.O=C(O)C(=O)O. The zero-order valence-electron chi connectivity index (χ0n) is 17.8. The van der Waals surface area contributed by atoms with E-state index in [-0.39, 0.29) is 5.91 Å². The summed E-state index contributed by atoms with van der Waals surface area (Å²) in [6, 6.07) is 21.5. The van der Waals surface area contributed by atoms with Crippen molar-refractivity contribution >= 4 is 40.7 Å². The average Bonchev–Trinajstić information content (AvgIpc) is 3.35. The number of carboxylic acids is 2. The fourth-order valence-corrected chi connectivity index (χ4v) is 3.40. The van der Waals surface area contributed by atoms with E-state index >= 15 is 0 Å². The number of aryl methyl sites for hydroxylation is 1. The summed E-state index contributed by atoms with van der Waals surface area (Å²) in [4.78, 5) is 31.4. The summed E-state index contributed by atoms with van der Waals surface area (Å²) in [5, 5.41) is 30.8. The van der Waals surface area contributed by atoms with Crippen LogP contribution in [0.1, 0.15) is 33.6 Å². The molecule has 33 heavy (non-hydrogen) atoms. The second kappa shape index (κ2) is 13.4. The number of hydrogen-bond acceptors (Lipinski definition) is 5. The van der Waals surface area contributed by atoms with Crippen LogP contribution in [0.25, 0.3) is 0 Å². The van der Waals surface area contributed by atoms with Gasteiger partial charge in [-0.15, -0.1) is 11.3 Å². The maximum atomic E-state index is 12.4. The highest BCUT2D eigenvalue weighted by atomic mass is 32.1. The van der Waals surface area contributed by atoms with Crippen molar-refractivity contribution in [3.05, 3.63) is 88.1 Å². The zero-order valence-corrected chi connectivity index (χ0v) is 18.6. The van der Waals surface area contributed by atoms with E-state index in [9.17, 15) is 4.79 Å². The molecule has 2 aromatic carbocycles. The first-order chi connectivity index (χ1) is 15.9. The molecule has 0 fully saturated rings. The van der Waals surface area contributed by atoms with Gasteiger partial charge in [-0.1, -0.05) is 42.5 Å². The minimum atomic E-state index is -1.82. The van der Waals surface area contributed by atoms with Crippen LogP contribution in [0, 0.1) is 5.41 Å². The summed E-state index contributed by atoms with van der Waals surface area (Å²) in [6.07, 6.45) is 3.02. The van der Waals surface area contributed by atoms with Crippen LogP contribution in [0.3, 0.4) is 0 Å². The Morgan fingerprint density at radius 1 is 0.879 bits per heavy atom. The molecule has 3 aromatic rings. The Morgan fingerprint density at radius 2 is 1.61 bits per heavy atom. The summed E-state index contributed by atoms with van der Waals surface area (Å²) in [7, 11) is 0. The summed E-state index contributed by atoms with van der Waals surface area (Å²) < 4.78 is 0. The molecule has 0 aliphatic heterocycles. The highest BCUT2D eigenvalue weighted by Gasteiger charge is 2.08. The van der Waals surface area contributed by atoms with E-state index in [0.29, 0.717) is 17.9 Å². The lowest BCUT2D eigenvalue weighted by Gasteiger charge is -2.09. The van der Waals surface area contributed by atoms with Crippen LogP contribution in [0.15, 0.2) is 72.1 Å². The normalized spacial score (nSPS) is 9.82. The van der Waals surface area contributed by atoms with Crippen LogP contribution in [-0.2, 0) is 16.0 Å². The van der Waals surface area contributed by atoms with E-state index < -0.39 is 11.9 Å². The molecular weight excluding hydrogens is 442 g/mol. The molecule has 0 saturated heterocycles. The maximum Gasteiger partial charge on any atom is 0.414 e. The van der Waals surface area contributed by atoms with Gasteiger partial charge in [-0.2, -0.15) is 0 Å². The average molecular weight is 468 g/mol. The Balaban J connectivity index is 0.000000569. The highest BCUT2D eigenvalue weighted by Crippen LogP contribution is 2.15. The predicted molar refractivity (Wildman–Crippen MR) is 128 cm³/mol. The van der Waals surface area contributed by atoms with Gasteiger partial charge in [0, 0.05) is 17.8 Å². The van der Waals surface area contributed by atoms with Gasteiger partial charge in [0.25, 0.3) is 5.91 Å². The Bertz CT molecular complexity index is 1060.